The summed E-state index contributed by atoms with van der Waals surface area (Å²) in [6.07, 6.45) is -1.38. The van der Waals surface area contributed by atoms with Crippen molar-refractivity contribution in [3.05, 3.63) is 24.3 Å². The second-order valence-electron chi connectivity index (χ2n) is 4.67. The van der Waals surface area contributed by atoms with Crippen molar-refractivity contribution in [3.63, 3.8) is 0 Å². The number of rotatable bonds is 5. The first kappa shape index (κ1) is 17.7. The quantitative estimate of drug-likeness (QED) is 0.605. The Balaban J connectivity index is 1.99. The molecule has 130 valence electrons. The maximum Gasteiger partial charge on any atom is 0.414 e. The van der Waals surface area contributed by atoms with E-state index in [2.05, 4.69) is 15.3 Å². The summed E-state index contributed by atoms with van der Waals surface area (Å²) in [6, 6.07) is 8.13. The highest BCUT2D eigenvalue weighted by Crippen LogP contribution is 2.20. The first-order valence-corrected chi connectivity index (χ1v) is 7.31. The molecule has 1 fully saturated rings. The van der Waals surface area contributed by atoms with Gasteiger partial charge in [-0.3, -0.25) is 20.4 Å². The summed E-state index contributed by atoms with van der Waals surface area (Å²) in [5.74, 6) is -0.982. The fraction of sp³-hybridized carbons (Fsp3) is 0.267. The number of imide groups is 1. The van der Waals surface area contributed by atoms with Gasteiger partial charge < -0.3 is 9.47 Å². The molecule has 1 aliphatic heterocycles. The largest absolute Gasteiger partial charge is 0.450 e. The highest BCUT2D eigenvalue weighted by Gasteiger charge is 2.23. The van der Waals surface area contributed by atoms with Crippen LogP contribution in [0.25, 0.3) is 0 Å². The van der Waals surface area contributed by atoms with Gasteiger partial charge in [-0.25, -0.2) is 9.59 Å². The van der Waals surface area contributed by atoms with Gasteiger partial charge in [-0.15, -0.1) is 0 Å². The number of nitrogens with one attached hydrogen (secondary N) is 2. The van der Waals surface area contributed by atoms with Gasteiger partial charge in [-0.1, -0.05) is 0 Å². The smallest absolute Gasteiger partial charge is 0.414 e. The molecule has 0 saturated carbocycles. The van der Waals surface area contributed by atoms with E-state index >= 15 is 0 Å². The Morgan fingerprint density at radius 2 is 2.12 bits per heavy atom. The molecule has 1 aliphatic rings. The lowest BCUT2D eigenvalue weighted by atomic mass is 10.2. The molecule has 0 radical (unpaired) electrons. The zero-order chi connectivity index (χ0) is 18.2. The van der Waals surface area contributed by atoms with Crippen LogP contribution in [-0.2, 0) is 14.3 Å². The van der Waals surface area contributed by atoms with E-state index in [-0.39, 0.29) is 6.61 Å². The number of hydrogen-bond acceptors (Lipinski definition) is 8. The van der Waals surface area contributed by atoms with E-state index in [1.165, 1.54) is 4.90 Å². The third-order valence-corrected chi connectivity index (χ3v) is 3.05. The zero-order valence-corrected chi connectivity index (χ0v) is 13.3. The predicted octanol–water partition coefficient (Wildman–Crippen LogP) is 1.21. The Kier molecular flexibility index (Phi) is 5.89. The van der Waals surface area contributed by atoms with Gasteiger partial charge in [0.15, 0.2) is 0 Å². The normalized spacial score (nSPS) is 13.7. The van der Waals surface area contributed by atoms with Crippen LogP contribution in [0, 0.1) is 11.3 Å². The average Bonchev–Trinajstić information content (AvgIpc) is 3.02. The van der Waals surface area contributed by atoms with Gasteiger partial charge in [0.25, 0.3) is 5.91 Å². The van der Waals surface area contributed by atoms with Crippen LogP contribution < -0.4 is 15.6 Å². The number of carbonyl (C=O) groups excluding carboxylic acids is 3. The number of hydrazone groups is 1. The Labute approximate surface area is 143 Å². The standard InChI is InChI=1S/C15H15N5O5/c1-2-24-14(22)17-13(21)12(9-16)19-18-10-3-5-11(6-4-10)20-7-8-25-15(20)23/h3-6,18H,2,7-8H2,1H3,(H,17,21,22)/b19-12-. The molecule has 0 aliphatic carbocycles. The molecule has 1 aromatic rings. The molecule has 0 bridgehead atoms. The second kappa shape index (κ2) is 8.30. The van der Waals surface area contributed by atoms with E-state index in [0.29, 0.717) is 24.5 Å². The van der Waals surface area contributed by atoms with E-state index in [4.69, 9.17) is 10.00 Å². The summed E-state index contributed by atoms with van der Waals surface area (Å²) in [6.45, 7) is 2.48. The highest BCUT2D eigenvalue weighted by molar-refractivity contribution is 6.46. The van der Waals surface area contributed by atoms with Gasteiger partial charge in [0.1, 0.15) is 12.7 Å². The summed E-state index contributed by atoms with van der Waals surface area (Å²) in [5.41, 5.74) is 3.12. The van der Waals surface area contributed by atoms with E-state index < -0.39 is 23.8 Å². The Morgan fingerprint density at radius 3 is 2.68 bits per heavy atom. The lowest BCUT2D eigenvalue weighted by molar-refractivity contribution is -0.114. The molecule has 10 nitrogen and oxygen atoms in total. The number of ether oxygens (including phenoxy) is 2. The van der Waals surface area contributed by atoms with E-state index in [9.17, 15) is 14.4 Å². The van der Waals surface area contributed by atoms with Gasteiger partial charge in [-0.2, -0.15) is 10.4 Å². The van der Waals surface area contributed by atoms with Crippen LogP contribution in [0.4, 0.5) is 21.0 Å². The van der Waals surface area contributed by atoms with Crippen LogP contribution in [0.2, 0.25) is 0 Å². The molecule has 0 unspecified atom stereocenters. The van der Waals surface area contributed by atoms with Gasteiger partial charge in [0.2, 0.25) is 5.71 Å². The Morgan fingerprint density at radius 1 is 1.40 bits per heavy atom. The lowest BCUT2D eigenvalue weighted by Crippen LogP contribution is -2.36. The molecular formula is C15H15N5O5. The van der Waals surface area contributed by atoms with Gasteiger partial charge >= 0.3 is 12.2 Å². The summed E-state index contributed by atoms with van der Waals surface area (Å²) in [7, 11) is 0. The molecule has 1 heterocycles. The van der Waals surface area contributed by atoms with Crippen molar-refractivity contribution in [2.24, 2.45) is 5.10 Å². The number of benzene rings is 1. The second-order valence-corrected chi connectivity index (χ2v) is 4.67. The van der Waals surface area contributed by atoms with Crippen molar-refractivity contribution in [2.45, 2.75) is 6.92 Å². The third kappa shape index (κ3) is 4.68. The predicted molar refractivity (Wildman–Crippen MR) is 87.0 cm³/mol. The molecule has 0 aromatic heterocycles. The number of alkyl carbamates (subject to hydrolysis) is 1. The summed E-state index contributed by atoms with van der Waals surface area (Å²) in [5, 5.41) is 14.5. The molecule has 1 aromatic carbocycles. The maximum atomic E-state index is 11.7. The lowest BCUT2D eigenvalue weighted by Gasteiger charge is -2.12. The minimum absolute atomic E-state index is 0.0906. The maximum absolute atomic E-state index is 11.7. The molecule has 3 amide bonds. The summed E-state index contributed by atoms with van der Waals surface area (Å²) >= 11 is 0. The topological polar surface area (TPSA) is 133 Å². The van der Waals surface area contributed by atoms with Crippen LogP contribution in [-0.4, -0.2) is 43.6 Å². The van der Waals surface area contributed by atoms with Crippen molar-refractivity contribution in [3.8, 4) is 6.07 Å². The summed E-state index contributed by atoms with van der Waals surface area (Å²) in [4.78, 5) is 35.8. The fourth-order valence-electron chi connectivity index (χ4n) is 1.91. The molecule has 10 heteroatoms. The van der Waals surface area contributed by atoms with Crippen molar-refractivity contribution in [2.75, 3.05) is 30.1 Å². The van der Waals surface area contributed by atoms with E-state index in [1.54, 1.807) is 37.3 Å². The van der Waals surface area contributed by atoms with E-state index in [1.807, 2.05) is 5.32 Å². The number of nitriles is 1. The number of carbonyl (C=O) groups is 3. The van der Waals surface area contributed by atoms with Crippen LogP contribution in [0.5, 0.6) is 0 Å². The number of cyclic esters (lactones) is 1. The number of amides is 3. The molecule has 2 N–H and O–H groups in total. The number of hydrogen-bond donors (Lipinski definition) is 2. The first-order valence-electron chi connectivity index (χ1n) is 7.31. The molecule has 0 atom stereocenters. The fourth-order valence-corrected chi connectivity index (χ4v) is 1.91. The van der Waals surface area contributed by atoms with Crippen molar-refractivity contribution >= 4 is 35.2 Å². The Bertz CT molecular complexity index is 738. The molecule has 0 spiro atoms. The van der Waals surface area contributed by atoms with Gasteiger partial charge in [-0.05, 0) is 31.2 Å². The van der Waals surface area contributed by atoms with Crippen molar-refractivity contribution in [1.29, 1.82) is 5.26 Å². The monoisotopic (exact) mass is 345 g/mol. The SMILES string of the molecule is CCOC(=O)NC(=O)/C(C#N)=N\Nc1ccc(N2CCOC2=O)cc1. The molecule has 2 rings (SSSR count). The number of nitrogens with zero attached hydrogens (tertiary/aromatic N) is 3. The van der Waals surface area contributed by atoms with Crippen LogP contribution >= 0.6 is 0 Å². The molecule has 1 saturated heterocycles. The van der Waals surface area contributed by atoms with Crippen LogP contribution in [0.1, 0.15) is 6.92 Å². The first-order chi connectivity index (χ1) is 12.0. The van der Waals surface area contributed by atoms with Crippen molar-refractivity contribution < 1.29 is 23.9 Å². The van der Waals surface area contributed by atoms with Gasteiger partial charge in [0.05, 0.1) is 18.8 Å². The van der Waals surface area contributed by atoms with Crippen LogP contribution in [0.15, 0.2) is 29.4 Å². The van der Waals surface area contributed by atoms with Gasteiger partial charge in [0, 0.05) is 5.69 Å². The highest BCUT2D eigenvalue weighted by atomic mass is 16.6. The van der Waals surface area contributed by atoms with Crippen LogP contribution in [0.3, 0.4) is 0 Å². The molecule has 25 heavy (non-hydrogen) atoms. The number of anilines is 2. The molecular weight excluding hydrogens is 330 g/mol. The van der Waals surface area contributed by atoms with Crippen molar-refractivity contribution in [1.82, 2.24) is 5.32 Å². The summed E-state index contributed by atoms with van der Waals surface area (Å²) < 4.78 is 9.39. The minimum atomic E-state index is -0.982. The average molecular weight is 345 g/mol. The minimum Gasteiger partial charge on any atom is -0.450 e. The zero-order valence-electron chi connectivity index (χ0n) is 13.3. The third-order valence-electron chi connectivity index (χ3n) is 3.05. The van der Waals surface area contributed by atoms with E-state index in [0.717, 1.165) is 0 Å². The Hall–Kier alpha value is -3.61.